The molecule has 0 radical (unpaired) electrons. The van der Waals surface area contributed by atoms with Gasteiger partial charge in [0.05, 0.1) is 43.1 Å². The first-order valence-electron chi connectivity index (χ1n) is 13.4. The molecule has 2 saturated carbocycles. The molecule has 1 N–H and O–H groups in total. The predicted molar refractivity (Wildman–Crippen MR) is 151 cm³/mol. The van der Waals surface area contributed by atoms with Gasteiger partial charge in [-0.2, -0.15) is 5.10 Å². The third kappa shape index (κ3) is 4.47. The number of nitrogens with one attached hydrogen (secondary N) is 1. The second-order valence-electron chi connectivity index (χ2n) is 10.7. The van der Waals surface area contributed by atoms with E-state index in [0.717, 1.165) is 59.0 Å². The molecular weight excluding hydrogens is 504 g/mol. The number of fused-ring (bicyclic) bond motifs is 1. The summed E-state index contributed by atoms with van der Waals surface area (Å²) in [5, 5.41) is 8.71. The van der Waals surface area contributed by atoms with Gasteiger partial charge in [0.25, 0.3) is 5.91 Å². The third-order valence-corrected chi connectivity index (χ3v) is 8.21. The van der Waals surface area contributed by atoms with Crippen LogP contribution in [0.25, 0.3) is 27.7 Å². The predicted octanol–water partition coefficient (Wildman–Crippen LogP) is 4.93. The molecule has 2 heterocycles. The van der Waals surface area contributed by atoms with Crippen LogP contribution in [-0.4, -0.2) is 46.9 Å². The third-order valence-electron chi connectivity index (χ3n) is 8.21. The van der Waals surface area contributed by atoms with Gasteiger partial charge < -0.3 is 14.8 Å². The largest absolute Gasteiger partial charge is 0.481 e. The van der Waals surface area contributed by atoms with Gasteiger partial charge in [0.15, 0.2) is 0 Å². The molecule has 0 unspecified atom stereocenters. The highest BCUT2D eigenvalue weighted by Crippen LogP contribution is 2.59. The van der Waals surface area contributed by atoms with Crippen molar-refractivity contribution < 1.29 is 19.1 Å². The van der Waals surface area contributed by atoms with Crippen LogP contribution in [0.3, 0.4) is 0 Å². The van der Waals surface area contributed by atoms with E-state index >= 15 is 0 Å². The molecule has 8 nitrogen and oxygen atoms in total. The Morgan fingerprint density at radius 2 is 1.80 bits per heavy atom. The van der Waals surface area contributed by atoms with Gasteiger partial charge in [0.1, 0.15) is 0 Å². The average molecular weight is 535 g/mol. The minimum Gasteiger partial charge on any atom is -0.481 e. The molecule has 40 heavy (non-hydrogen) atoms. The lowest BCUT2D eigenvalue weighted by molar-refractivity contribution is -0.159. The SMILES string of the molecule is CC#Cc1ccc(C(=O)NC2CC3(C2)CC(C(=O)OC)C3)c2c1cnn2-c1ccc(-c2ccnc(OC)c2)cc1. The van der Waals surface area contributed by atoms with Crippen molar-refractivity contribution in [3.63, 3.8) is 0 Å². The Hall–Kier alpha value is -4.64. The molecule has 2 aliphatic rings. The summed E-state index contributed by atoms with van der Waals surface area (Å²) < 4.78 is 11.9. The molecule has 0 bridgehead atoms. The topological polar surface area (TPSA) is 95.3 Å². The first kappa shape index (κ1) is 25.6. The van der Waals surface area contributed by atoms with Crippen molar-refractivity contribution in [1.82, 2.24) is 20.1 Å². The highest BCUT2D eigenvalue weighted by atomic mass is 16.5. The summed E-state index contributed by atoms with van der Waals surface area (Å²) in [7, 11) is 3.03. The van der Waals surface area contributed by atoms with Gasteiger partial charge in [0.2, 0.25) is 5.88 Å². The summed E-state index contributed by atoms with van der Waals surface area (Å²) in [5.74, 6) is 6.39. The Labute approximate surface area is 232 Å². The van der Waals surface area contributed by atoms with Crippen molar-refractivity contribution >= 4 is 22.8 Å². The Morgan fingerprint density at radius 1 is 1.02 bits per heavy atom. The Bertz CT molecular complexity index is 1660. The maximum atomic E-state index is 13.6. The van der Waals surface area contributed by atoms with Gasteiger partial charge in [0, 0.05) is 29.3 Å². The van der Waals surface area contributed by atoms with E-state index in [4.69, 9.17) is 9.47 Å². The van der Waals surface area contributed by atoms with Crippen molar-refractivity contribution in [3.05, 3.63) is 72.1 Å². The van der Waals surface area contributed by atoms with Gasteiger partial charge in [-0.3, -0.25) is 9.59 Å². The average Bonchev–Trinajstić information content (AvgIpc) is 3.39. The second kappa shape index (κ2) is 10.2. The number of nitrogens with zero attached hydrogens (tertiary/aromatic N) is 3. The van der Waals surface area contributed by atoms with Crippen LogP contribution >= 0.6 is 0 Å². The van der Waals surface area contributed by atoms with Crippen LogP contribution in [0.5, 0.6) is 5.88 Å². The zero-order valence-corrected chi connectivity index (χ0v) is 22.7. The zero-order valence-electron chi connectivity index (χ0n) is 22.7. The van der Waals surface area contributed by atoms with E-state index in [1.54, 1.807) is 31.1 Å². The van der Waals surface area contributed by atoms with Crippen molar-refractivity contribution in [2.45, 2.75) is 38.6 Å². The second-order valence-corrected chi connectivity index (χ2v) is 10.7. The van der Waals surface area contributed by atoms with Crippen molar-refractivity contribution in [1.29, 1.82) is 0 Å². The van der Waals surface area contributed by atoms with Crippen molar-refractivity contribution in [2.75, 3.05) is 14.2 Å². The molecule has 0 saturated heterocycles. The maximum absolute atomic E-state index is 13.6. The molecule has 2 fully saturated rings. The summed E-state index contributed by atoms with van der Waals surface area (Å²) >= 11 is 0. The van der Waals surface area contributed by atoms with E-state index in [9.17, 15) is 9.59 Å². The van der Waals surface area contributed by atoms with Crippen LogP contribution in [0.2, 0.25) is 0 Å². The van der Waals surface area contributed by atoms with Crippen molar-refractivity contribution in [3.8, 4) is 34.5 Å². The summed E-state index contributed by atoms with van der Waals surface area (Å²) in [6, 6.07) is 15.6. The summed E-state index contributed by atoms with van der Waals surface area (Å²) in [5.41, 5.74) is 5.11. The van der Waals surface area contributed by atoms with Crippen molar-refractivity contribution in [2.24, 2.45) is 11.3 Å². The molecule has 0 aliphatic heterocycles. The van der Waals surface area contributed by atoms with Crippen LogP contribution in [-0.2, 0) is 9.53 Å². The lowest BCUT2D eigenvalue weighted by Crippen LogP contribution is -2.57. The summed E-state index contributed by atoms with van der Waals surface area (Å²) in [4.78, 5) is 29.5. The lowest BCUT2D eigenvalue weighted by Gasteiger charge is -2.56. The molecule has 0 atom stereocenters. The molecule has 8 heteroatoms. The number of ether oxygens (including phenoxy) is 2. The van der Waals surface area contributed by atoms with Gasteiger partial charge in [-0.1, -0.05) is 18.1 Å². The van der Waals surface area contributed by atoms with Gasteiger partial charge in [-0.05, 0) is 79.5 Å². The zero-order chi connectivity index (χ0) is 27.9. The van der Waals surface area contributed by atoms with E-state index in [-0.39, 0.29) is 29.3 Å². The molecule has 2 aromatic carbocycles. The fourth-order valence-electron chi connectivity index (χ4n) is 6.26. The van der Waals surface area contributed by atoms with Crippen LogP contribution in [0.1, 0.15) is 48.5 Å². The molecule has 2 aromatic heterocycles. The number of aromatic nitrogens is 3. The quantitative estimate of drug-likeness (QED) is 0.278. The normalized spacial score (nSPS) is 21.1. The first-order valence-corrected chi connectivity index (χ1v) is 13.4. The van der Waals surface area contributed by atoms with Crippen LogP contribution in [0, 0.1) is 23.2 Å². The number of hydrogen-bond acceptors (Lipinski definition) is 6. The minimum atomic E-state index is -0.132. The Kier molecular flexibility index (Phi) is 6.51. The number of hydrogen-bond donors (Lipinski definition) is 1. The van der Waals surface area contributed by atoms with Gasteiger partial charge in [-0.15, -0.1) is 5.92 Å². The highest BCUT2D eigenvalue weighted by molar-refractivity contribution is 6.07. The molecule has 6 rings (SSSR count). The number of carbonyl (C=O) groups is 2. The van der Waals surface area contributed by atoms with E-state index in [1.807, 2.05) is 48.5 Å². The molecule has 4 aromatic rings. The van der Waals surface area contributed by atoms with E-state index in [1.165, 1.54) is 7.11 Å². The fraction of sp³-hybridized carbons (Fsp3) is 0.312. The molecule has 1 amide bonds. The number of benzene rings is 2. The standard InChI is InChI=1S/C32H30N4O4/c1-4-5-21-8-11-26(30(37)35-24-17-32(18-24)15-23(16-32)31(38)40-3)29-27(21)19-34-36(29)25-9-6-20(7-10-25)22-12-13-33-28(14-22)39-2/h6-14,19,23-24H,15-18H2,1-3H3,(H,35,37). The van der Waals surface area contributed by atoms with Crippen LogP contribution < -0.4 is 10.1 Å². The summed E-state index contributed by atoms with van der Waals surface area (Å²) in [6.45, 7) is 1.79. The molecule has 1 spiro atoms. The molecular formula is C32H30N4O4. The molecule has 2 aliphatic carbocycles. The van der Waals surface area contributed by atoms with E-state index in [2.05, 4.69) is 27.2 Å². The number of pyridine rings is 1. The summed E-state index contributed by atoms with van der Waals surface area (Å²) in [6.07, 6.45) is 6.94. The highest BCUT2D eigenvalue weighted by Gasteiger charge is 2.55. The van der Waals surface area contributed by atoms with Gasteiger partial charge >= 0.3 is 5.97 Å². The minimum absolute atomic E-state index is 0.00479. The van der Waals surface area contributed by atoms with Gasteiger partial charge in [-0.25, -0.2) is 9.67 Å². The Morgan fingerprint density at radius 3 is 2.50 bits per heavy atom. The van der Waals surface area contributed by atoms with Crippen LogP contribution in [0.4, 0.5) is 0 Å². The number of esters is 1. The number of rotatable bonds is 6. The lowest BCUT2D eigenvalue weighted by atomic mass is 9.50. The van der Waals surface area contributed by atoms with E-state index < -0.39 is 0 Å². The number of methoxy groups -OCH3 is 2. The fourth-order valence-corrected chi connectivity index (χ4v) is 6.26. The monoisotopic (exact) mass is 534 g/mol. The molecule has 202 valence electrons. The Balaban J connectivity index is 1.27. The number of carbonyl (C=O) groups excluding carboxylic acids is 2. The van der Waals surface area contributed by atoms with Crippen LogP contribution in [0.15, 0.2) is 60.9 Å². The first-order chi connectivity index (χ1) is 19.4. The maximum Gasteiger partial charge on any atom is 0.308 e. The number of amides is 1. The van der Waals surface area contributed by atoms with E-state index in [0.29, 0.717) is 11.4 Å². The smallest absolute Gasteiger partial charge is 0.308 e.